The van der Waals surface area contributed by atoms with E-state index in [-0.39, 0.29) is 5.41 Å². The highest BCUT2D eigenvalue weighted by molar-refractivity contribution is 7.09. The summed E-state index contributed by atoms with van der Waals surface area (Å²) in [5.74, 6) is 1.85. The number of hydrogen-bond donors (Lipinski definition) is 0. The summed E-state index contributed by atoms with van der Waals surface area (Å²) in [4.78, 5) is 6.89. The van der Waals surface area contributed by atoms with Crippen molar-refractivity contribution in [3.63, 3.8) is 0 Å². The van der Waals surface area contributed by atoms with Crippen LogP contribution in [0.1, 0.15) is 45.9 Å². The van der Waals surface area contributed by atoms with Crippen LogP contribution in [-0.4, -0.2) is 22.9 Å². The highest BCUT2D eigenvalue weighted by atomic mass is 32.1. The average Bonchev–Trinajstić information content (AvgIpc) is 2.58. The molecule has 1 aromatic rings. The van der Waals surface area contributed by atoms with Crippen molar-refractivity contribution in [1.29, 1.82) is 0 Å². The maximum absolute atomic E-state index is 4.63. The Hall–Kier alpha value is -0.640. The molecule has 0 unspecified atom stereocenters. The Labute approximate surface area is 102 Å². The van der Waals surface area contributed by atoms with E-state index >= 15 is 0 Å². The molecule has 1 aromatic heterocycles. The Morgan fingerprint density at radius 2 is 2.06 bits per heavy atom. The topological polar surface area (TPSA) is 29.0 Å². The molecule has 0 bridgehead atoms. The Morgan fingerprint density at radius 3 is 2.50 bits per heavy atom. The minimum absolute atomic E-state index is 0.0616. The predicted octanol–water partition coefficient (Wildman–Crippen LogP) is 3.07. The standard InChI is InChI=1S/C12H21N3S/c1-12(2,3)10-13-11(16-14-10)15(4)8-9-6-5-7-9/h9H,5-8H2,1-4H3. The summed E-state index contributed by atoms with van der Waals surface area (Å²) in [6.07, 6.45) is 4.17. The SMILES string of the molecule is CN(CC1CCC1)c1nc(C(C)(C)C)ns1. The summed E-state index contributed by atoms with van der Waals surface area (Å²) in [5, 5.41) is 1.07. The summed E-state index contributed by atoms with van der Waals surface area (Å²) in [5.41, 5.74) is 0.0616. The first-order valence-electron chi connectivity index (χ1n) is 6.02. The van der Waals surface area contributed by atoms with Crippen LogP contribution in [0.3, 0.4) is 0 Å². The number of anilines is 1. The second kappa shape index (κ2) is 4.32. The van der Waals surface area contributed by atoms with Gasteiger partial charge in [0.15, 0.2) is 0 Å². The van der Waals surface area contributed by atoms with Crippen molar-refractivity contribution in [2.75, 3.05) is 18.5 Å². The van der Waals surface area contributed by atoms with Gasteiger partial charge in [0.05, 0.1) is 0 Å². The molecule has 0 aliphatic heterocycles. The first-order valence-corrected chi connectivity index (χ1v) is 6.79. The van der Waals surface area contributed by atoms with Crippen molar-refractivity contribution < 1.29 is 0 Å². The van der Waals surface area contributed by atoms with E-state index in [2.05, 4.69) is 42.1 Å². The third-order valence-electron chi connectivity index (χ3n) is 3.17. The molecular formula is C12H21N3S. The quantitative estimate of drug-likeness (QED) is 0.811. The number of rotatable bonds is 3. The molecule has 0 saturated heterocycles. The summed E-state index contributed by atoms with van der Waals surface area (Å²) < 4.78 is 4.45. The lowest BCUT2D eigenvalue weighted by molar-refractivity contribution is 0.321. The van der Waals surface area contributed by atoms with Gasteiger partial charge in [0.1, 0.15) is 5.82 Å². The average molecular weight is 239 g/mol. The van der Waals surface area contributed by atoms with E-state index in [9.17, 15) is 0 Å². The molecule has 4 heteroatoms. The first kappa shape index (κ1) is 11.8. The van der Waals surface area contributed by atoms with Crippen molar-refractivity contribution in [3.05, 3.63) is 5.82 Å². The fourth-order valence-corrected chi connectivity index (χ4v) is 2.64. The fourth-order valence-electron chi connectivity index (χ4n) is 1.82. The monoisotopic (exact) mass is 239 g/mol. The predicted molar refractivity (Wildman–Crippen MR) is 69.2 cm³/mol. The van der Waals surface area contributed by atoms with Gasteiger partial charge < -0.3 is 4.90 Å². The maximum atomic E-state index is 4.63. The largest absolute Gasteiger partial charge is 0.350 e. The smallest absolute Gasteiger partial charge is 0.204 e. The summed E-state index contributed by atoms with van der Waals surface area (Å²) in [6.45, 7) is 7.61. The van der Waals surface area contributed by atoms with E-state index in [1.54, 1.807) is 0 Å². The van der Waals surface area contributed by atoms with Crippen LogP contribution in [-0.2, 0) is 5.41 Å². The Morgan fingerprint density at radius 1 is 1.38 bits per heavy atom. The molecule has 1 heterocycles. The third kappa shape index (κ3) is 2.54. The second-order valence-corrected chi connectivity index (χ2v) is 6.56. The maximum Gasteiger partial charge on any atom is 0.204 e. The highest BCUT2D eigenvalue weighted by Gasteiger charge is 2.23. The van der Waals surface area contributed by atoms with Crippen molar-refractivity contribution >= 4 is 16.7 Å². The molecule has 1 aliphatic carbocycles. The molecule has 1 saturated carbocycles. The van der Waals surface area contributed by atoms with Crippen LogP contribution in [0.15, 0.2) is 0 Å². The number of aromatic nitrogens is 2. The molecule has 90 valence electrons. The minimum atomic E-state index is 0.0616. The van der Waals surface area contributed by atoms with Gasteiger partial charge in [-0.2, -0.15) is 4.37 Å². The molecule has 1 fully saturated rings. The molecule has 2 rings (SSSR count). The Kier molecular flexibility index (Phi) is 3.19. The van der Waals surface area contributed by atoms with Crippen molar-refractivity contribution in [2.45, 2.75) is 45.4 Å². The van der Waals surface area contributed by atoms with Gasteiger partial charge >= 0.3 is 0 Å². The zero-order chi connectivity index (χ0) is 11.8. The third-order valence-corrected chi connectivity index (χ3v) is 4.00. The van der Waals surface area contributed by atoms with E-state index < -0.39 is 0 Å². The number of hydrogen-bond acceptors (Lipinski definition) is 4. The van der Waals surface area contributed by atoms with Gasteiger partial charge in [-0.1, -0.05) is 27.2 Å². The normalized spacial score (nSPS) is 17.2. The molecule has 0 aromatic carbocycles. The van der Waals surface area contributed by atoms with Gasteiger partial charge in [-0.25, -0.2) is 4.98 Å². The van der Waals surface area contributed by atoms with Crippen LogP contribution in [0.5, 0.6) is 0 Å². The highest BCUT2D eigenvalue weighted by Crippen LogP contribution is 2.30. The molecule has 16 heavy (non-hydrogen) atoms. The van der Waals surface area contributed by atoms with Crippen LogP contribution in [0.2, 0.25) is 0 Å². The molecule has 0 radical (unpaired) electrons. The molecule has 0 atom stereocenters. The van der Waals surface area contributed by atoms with Gasteiger partial charge in [0.25, 0.3) is 0 Å². The minimum Gasteiger partial charge on any atom is -0.350 e. The zero-order valence-electron chi connectivity index (χ0n) is 10.7. The van der Waals surface area contributed by atoms with E-state index in [0.717, 1.165) is 23.4 Å². The lowest BCUT2D eigenvalue weighted by Gasteiger charge is -2.29. The van der Waals surface area contributed by atoms with Gasteiger partial charge in [-0.15, -0.1) is 0 Å². The van der Waals surface area contributed by atoms with Crippen LogP contribution in [0.4, 0.5) is 5.13 Å². The van der Waals surface area contributed by atoms with Gasteiger partial charge in [-0.05, 0) is 18.8 Å². The molecule has 1 aliphatic rings. The van der Waals surface area contributed by atoms with Crippen molar-refractivity contribution in [3.8, 4) is 0 Å². The fraction of sp³-hybridized carbons (Fsp3) is 0.833. The van der Waals surface area contributed by atoms with E-state index in [0.29, 0.717) is 0 Å². The molecule has 0 spiro atoms. The van der Waals surface area contributed by atoms with Crippen molar-refractivity contribution in [1.82, 2.24) is 9.36 Å². The molecule has 0 N–H and O–H groups in total. The lowest BCUT2D eigenvalue weighted by Crippen LogP contribution is -2.29. The van der Waals surface area contributed by atoms with Crippen molar-refractivity contribution in [2.24, 2.45) is 5.92 Å². The van der Waals surface area contributed by atoms with Gasteiger partial charge in [-0.3, -0.25) is 0 Å². The van der Waals surface area contributed by atoms with Crippen LogP contribution in [0, 0.1) is 5.92 Å². The number of nitrogens with zero attached hydrogens (tertiary/aromatic N) is 3. The summed E-state index contributed by atoms with van der Waals surface area (Å²) in [7, 11) is 2.13. The summed E-state index contributed by atoms with van der Waals surface area (Å²) >= 11 is 1.53. The second-order valence-electron chi connectivity index (χ2n) is 5.83. The zero-order valence-corrected chi connectivity index (χ0v) is 11.5. The Bertz CT molecular complexity index is 349. The Balaban J connectivity index is 2.00. The molecule has 3 nitrogen and oxygen atoms in total. The van der Waals surface area contributed by atoms with Crippen LogP contribution >= 0.6 is 11.5 Å². The van der Waals surface area contributed by atoms with Gasteiger partial charge in [0.2, 0.25) is 5.13 Å². The summed E-state index contributed by atoms with van der Waals surface area (Å²) in [6, 6.07) is 0. The van der Waals surface area contributed by atoms with E-state index in [1.165, 1.54) is 30.8 Å². The van der Waals surface area contributed by atoms with E-state index in [4.69, 9.17) is 0 Å². The van der Waals surface area contributed by atoms with Crippen LogP contribution < -0.4 is 4.90 Å². The van der Waals surface area contributed by atoms with Crippen LogP contribution in [0.25, 0.3) is 0 Å². The lowest BCUT2D eigenvalue weighted by atomic mass is 9.85. The van der Waals surface area contributed by atoms with Gasteiger partial charge in [0, 0.05) is 30.5 Å². The first-order chi connectivity index (χ1) is 7.47. The molecular weight excluding hydrogens is 218 g/mol. The molecule has 0 amide bonds. The van der Waals surface area contributed by atoms with E-state index in [1.807, 2.05) is 0 Å².